The van der Waals surface area contributed by atoms with E-state index in [0.717, 1.165) is 24.9 Å². The van der Waals surface area contributed by atoms with Crippen LogP contribution in [0.1, 0.15) is 82.0 Å². The van der Waals surface area contributed by atoms with Gasteiger partial charge in [0.25, 0.3) is 5.91 Å². The number of rotatable bonds is 16. The Morgan fingerprint density at radius 1 is 0.967 bits per heavy atom. The molecule has 1 rings (SSSR count). The molecule has 1 aromatic carbocycles. The Morgan fingerprint density at radius 2 is 1.67 bits per heavy atom. The van der Waals surface area contributed by atoms with E-state index in [4.69, 9.17) is 4.74 Å². The standard InChI is InChI=1S/C24H41N3O3/c1-5-7-8-9-10-11-12-14-23(28)26-20-15-16-22(27(3)4)21(19-20)24(29)25-17-13-18-30-6-2/h15-16,19H,5-14,17-18H2,1-4H3,(H,25,29)(H,26,28). The first kappa shape index (κ1) is 26.0. The van der Waals surface area contributed by atoms with Gasteiger partial charge < -0.3 is 20.3 Å². The average Bonchev–Trinajstić information content (AvgIpc) is 2.72. The van der Waals surface area contributed by atoms with Crippen LogP contribution in [0.25, 0.3) is 0 Å². The number of nitrogens with one attached hydrogen (secondary N) is 2. The molecule has 0 radical (unpaired) electrons. The van der Waals surface area contributed by atoms with E-state index in [1.165, 1.54) is 32.1 Å². The van der Waals surface area contributed by atoms with E-state index in [9.17, 15) is 9.59 Å². The summed E-state index contributed by atoms with van der Waals surface area (Å²) in [4.78, 5) is 26.9. The van der Waals surface area contributed by atoms with Crippen molar-refractivity contribution in [2.45, 2.75) is 71.6 Å². The molecule has 0 fully saturated rings. The van der Waals surface area contributed by atoms with Crippen molar-refractivity contribution in [3.63, 3.8) is 0 Å². The van der Waals surface area contributed by atoms with Gasteiger partial charge in [-0.2, -0.15) is 0 Å². The Hall–Kier alpha value is -2.08. The lowest BCUT2D eigenvalue weighted by Crippen LogP contribution is -2.27. The lowest BCUT2D eigenvalue weighted by molar-refractivity contribution is -0.116. The molecule has 0 heterocycles. The number of anilines is 2. The van der Waals surface area contributed by atoms with Crippen LogP contribution < -0.4 is 15.5 Å². The van der Waals surface area contributed by atoms with Crippen molar-refractivity contribution in [2.75, 3.05) is 44.1 Å². The third-order valence-corrected chi connectivity index (χ3v) is 4.97. The van der Waals surface area contributed by atoms with E-state index in [1.807, 2.05) is 38.1 Å². The van der Waals surface area contributed by atoms with Crippen LogP contribution in [0.15, 0.2) is 18.2 Å². The Kier molecular flexibility index (Phi) is 13.6. The molecule has 0 atom stereocenters. The van der Waals surface area contributed by atoms with Crippen LogP contribution in [0.4, 0.5) is 11.4 Å². The molecule has 6 nitrogen and oxygen atoms in total. The SMILES string of the molecule is CCCCCCCCCC(=O)Nc1ccc(N(C)C)c(C(=O)NCCCOCC)c1. The highest BCUT2D eigenvalue weighted by Gasteiger charge is 2.14. The molecule has 0 unspecified atom stereocenters. The minimum Gasteiger partial charge on any atom is -0.382 e. The number of nitrogens with zero attached hydrogens (tertiary/aromatic N) is 1. The van der Waals surface area contributed by atoms with E-state index in [-0.39, 0.29) is 11.8 Å². The number of carbonyl (C=O) groups excluding carboxylic acids is 2. The van der Waals surface area contributed by atoms with E-state index in [1.54, 1.807) is 6.07 Å². The van der Waals surface area contributed by atoms with Crippen LogP contribution in [-0.2, 0) is 9.53 Å². The molecule has 0 saturated carbocycles. The van der Waals surface area contributed by atoms with Gasteiger partial charge in [0, 0.05) is 51.6 Å². The van der Waals surface area contributed by atoms with Crippen molar-refractivity contribution in [3.8, 4) is 0 Å². The first-order valence-corrected chi connectivity index (χ1v) is 11.5. The summed E-state index contributed by atoms with van der Waals surface area (Å²) in [5.41, 5.74) is 2.04. The molecule has 0 aliphatic carbocycles. The third kappa shape index (κ3) is 10.6. The molecule has 30 heavy (non-hydrogen) atoms. The van der Waals surface area contributed by atoms with Crippen LogP contribution in [0.3, 0.4) is 0 Å². The second-order valence-corrected chi connectivity index (χ2v) is 7.85. The third-order valence-electron chi connectivity index (χ3n) is 4.97. The van der Waals surface area contributed by atoms with Gasteiger partial charge in [-0.3, -0.25) is 9.59 Å². The molecular formula is C24H41N3O3. The fourth-order valence-electron chi connectivity index (χ4n) is 3.27. The first-order valence-electron chi connectivity index (χ1n) is 11.5. The van der Waals surface area contributed by atoms with Crippen molar-refractivity contribution in [1.82, 2.24) is 5.32 Å². The maximum Gasteiger partial charge on any atom is 0.253 e. The fourth-order valence-corrected chi connectivity index (χ4v) is 3.27. The van der Waals surface area contributed by atoms with Crippen LogP contribution in [0, 0.1) is 0 Å². The van der Waals surface area contributed by atoms with Crippen LogP contribution >= 0.6 is 0 Å². The second kappa shape index (κ2) is 15.7. The minimum absolute atomic E-state index is 0.00392. The monoisotopic (exact) mass is 419 g/mol. The molecule has 0 spiro atoms. The van der Waals surface area contributed by atoms with Gasteiger partial charge in [0.15, 0.2) is 0 Å². The number of benzene rings is 1. The molecule has 2 amide bonds. The average molecular weight is 420 g/mol. The number of hydrogen-bond acceptors (Lipinski definition) is 4. The molecule has 170 valence electrons. The maximum atomic E-state index is 12.7. The summed E-state index contributed by atoms with van der Waals surface area (Å²) in [5.74, 6) is -0.136. The Labute approximate surface area is 182 Å². The smallest absolute Gasteiger partial charge is 0.253 e. The van der Waals surface area contributed by atoms with E-state index in [0.29, 0.717) is 37.4 Å². The Balaban J connectivity index is 2.55. The van der Waals surface area contributed by atoms with Crippen LogP contribution in [0.5, 0.6) is 0 Å². The second-order valence-electron chi connectivity index (χ2n) is 7.85. The molecule has 1 aromatic rings. The zero-order valence-electron chi connectivity index (χ0n) is 19.4. The predicted molar refractivity (Wildman–Crippen MR) is 125 cm³/mol. The van der Waals surface area contributed by atoms with Gasteiger partial charge in [-0.15, -0.1) is 0 Å². The lowest BCUT2D eigenvalue weighted by Gasteiger charge is -2.18. The van der Waals surface area contributed by atoms with Gasteiger partial charge in [-0.25, -0.2) is 0 Å². The molecule has 0 aliphatic rings. The van der Waals surface area contributed by atoms with Gasteiger partial charge in [0.2, 0.25) is 5.91 Å². The van der Waals surface area contributed by atoms with Crippen LogP contribution in [-0.4, -0.2) is 45.7 Å². The normalized spacial score (nSPS) is 10.7. The van der Waals surface area contributed by atoms with Crippen molar-refractivity contribution in [2.24, 2.45) is 0 Å². The highest BCUT2D eigenvalue weighted by atomic mass is 16.5. The largest absolute Gasteiger partial charge is 0.382 e. The number of carbonyl (C=O) groups is 2. The van der Waals surface area contributed by atoms with E-state index < -0.39 is 0 Å². The summed E-state index contributed by atoms with van der Waals surface area (Å²) in [5, 5.41) is 5.88. The van der Waals surface area contributed by atoms with Crippen LogP contribution in [0.2, 0.25) is 0 Å². The molecule has 2 N–H and O–H groups in total. The van der Waals surface area contributed by atoms with Crippen molar-refractivity contribution in [3.05, 3.63) is 23.8 Å². The molecule has 0 aliphatic heterocycles. The molecule has 0 aromatic heterocycles. The quantitative estimate of drug-likeness (QED) is 0.370. The summed E-state index contributed by atoms with van der Waals surface area (Å²) in [6, 6.07) is 5.48. The van der Waals surface area contributed by atoms with Gasteiger partial charge in [0.1, 0.15) is 0 Å². The molecule has 0 saturated heterocycles. The van der Waals surface area contributed by atoms with Crippen molar-refractivity contribution >= 4 is 23.2 Å². The zero-order valence-corrected chi connectivity index (χ0v) is 19.4. The summed E-state index contributed by atoms with van der Waals surface area (Å²) in [6.45, 7) is 6.04. The van der Waals surface area contributed by atoms with Crippen molar-refractivity contribution < 1.29 is 14.3 Å². The minimum atomic E-state index is -0.140. The number of hydrogen-bond donors (Lipinski definition) is 2. The maximum absolute atomic E-state index is 12.7. The Morgan fingerprint density at radius 3 is 2.33 bits per heavy atom. The van der Waals surface area contributed by atoms with E-state index in [2.05, 4.69) is 17.6 Å². The zero-order chi connectivity index (χ0) is 22.2. The fraction of sp³-hybridized carbons (Fsp3) is 0.667. The van der Waals surface area contributed by atoms with Crippen molar-refractivity contribution in [1.29, 1.82) is 0 Å². The van der Waals surface area contributed by atoms with E-state index >= 15 is 0 Å². The molecule has 6 heteroatoms. The topological polar surface area (TPSA) is 70.7 Å². The van der Waals surface area contributed by atoms with Gasteiger partial charge in [-0.1, -0.05) is 45.4 Å². The Bertz CT molecular complexity index is 632. The number of amides is 2. The summed E-state index contributed by atoms with van der Waals surface area (Å²) in [7, 11) is 3.81. The van der Waals surface area contributed by atoms with Gasteiger partial charge in [0.05, 0.1) is 5.56 Å². The van der Waals surface area contributed by atoms with Gasteiger partial charge in [-0.05, 0) is 38.0 Å². The summed E-state index contributed by atoms with van der Waals surface area (Å²) < 4.78 is 5.30. The highest BCUT2D eigenvalue weighted by molar-refractivity contribution is 6.02. The summed E-state index contributed by atoms with van der Waals surface area (Å²) >= 11 is 0. The lowest BCUT2D eigenvalue weighted by atomic mass is 10.1. The predicted octanol–water partition coefficient (Wildman–Crippen LogP) is 4.99. The highest BCUT2D eigenvalue weighted by Crippen LogP contribution is 2.23. The summed E-state index contributed by atoms with van der Waals surface area (Å²) in [6.07, 6.45) is 9.56. The number of unbranched alkanes of at least 4 members (excludes halogenated alkanes) is 6. The first-order chi connectivity index (χ1) is 14.5. The molecular weight excluding hydrogens is 378 g/mol. The number of ether oxygens (including phenoxy) is 1. The van der Waals surface area contributed by atoms with Gasteiger partial charge >= 0.3 is 0 Å². The molecule has 0 bridgehead atoms.